The van der Waals surface area contributed by atoms with Crippen molar-refractivity contribution >= 4 is 11.6 Å². The lowest BCUT2D eigenvalue weighted by Crippen LogP contribution is -2.27. The molecule has 4 nitrogen and oxygen atoms in total. The van der Waals surface area contributed by atoms with Crippen LogP contribution in [0.25, 0.3) is 0 Å². The van der Waals surface area contributed by atoms with Crippen molar-refractivity contribution in [1.29, 1.82) is 0 Å². The minimum atomic E-state index is -0.0101. The smallest absolute Gasteiger partial charge is 0.224 e. The summed E-state index contributed by atoms with van der Waals surface area (Å²) in [5.41, 5.74) is 2.72. The molecule has 2 aromatic rings. The summed E-state index contributed by atoms with van der Waals surface area (Å²) in [6, 6.07) is 15.5. The Hall–Kier alpha value is -2.33. The fraction of sp³-hybridized carbons (Fsp3) is 0.567. The van der Waals surface area contributed by atoms with E-state index in [-0.39, 0.29) is 12.5 Å². The molecule has 0 radical (unpaired) electrons. The second-order valence-corrected chi connectivity index (χ2v) is 9.31. The molecule has 188 valence electrons. The summed E-state index contributed by atoms with van der Waals surface area (Å²) in [7, 11) is 0. The molecule has 2 aromatic carbocycles. The molecule has 0 aliphatic rings. The molecular formula is C30H45NO3. The summed E-state index contributed by atoms with van der Waals surface area (Å²) in [5.74, 6) is 0.873. The number of carbonyl (C=O) groups excluding carboxylic acids is 1. The molecule has 0 saturated heterocycles. The third kappa shape index (κ3) is 11.2. The van der Waals surface area contributed by atoms with E-state index in [4.69, 9.17) is 4.74 Å². The molecular weight excluding hydrogens is 422 g/mol. The molecule has 0 spiro atoms. The van der Waals surface area contributed by atoms with Gasteiger partial charge in [-0.05, 0) is 41.8 Å². The van der Waals surface area contributed by atoms with Crippen molar-refractivity contribution < 1.29 is 14.6 Å². The molecule has 0 aliphatic carbocycles. The van der Waals surface area contributed by atoms with Crippen molar-refractivity contribution in [3.05, 3.63) is 59.7 Å². The number of hydrogen-bond donors (Lipinski definition) is 1. The molecule has 1 amide bonds. The molecule has 0 saturated carbocycles. The van der Waals surface area contributed by atoms with E-state index in [1.165, 1.54) is 70.6 Å². The van der Waals surface area contributed by atoms with Gasteiger partial charge in [0.2, 0.25) is 5.91 Å². The van der Waals surface area contributed by atoms with Crippen molar-refractivity contribution in [2.24, 2.45) is 0 Å². The molecule has 0 fully saturated rings. The minimum absolute atomic E-state index is 0.00106. The number of rotatable bonds is 18. The van der Waals surface area contributed by atoms with Crippen LogP contribution in [0, 0.1) is 0 Å². The number of nitrogens with zero attached hydrogens (tertiary/aromatic N) is 1. The van der Waals surface area contributed by atoms with E-state index in [1.54, 1.807) is 11.8 Å². The molecule has 0 bridgehead atoms. The van der Waals surface area contributed by atoms with Gasteiger partial charge < -0.3 is 14.7 Å². The predicted molar refractivity (Wildman–Crippen MR) is 142 cm³/mol. The molecule has 0 heterocycles. The maximum absolute atomic E-state index is 12.2. The zero-order valence-electron chi connectivity index (χ0n) is 21.4. The van der Waals surface area contributed by atoms with Gasteiger partial charge in [-0.1, -0.05) is 102 Å². The predicted octanol–water partition coefficient (Wildman–Crippen LogP) is 7.81. The average molecular weight is 468 g/mol. The van der Waals surface area contributed by atoms with Crippen molar-refractivity contribution in [1.82, 2.24) is 0 Å². The number of benzene rings is 2. The Morgan fingerprint density at radius 2 is 1.24 bits per heavy atom. The molecule has 2 rings (SSSR count). The van der Waals surface area contributed by atoms with Crippen LogP contribution in [0.2, 0.25) is 0 Å². The van der Waals surface area contributed by atoms with Gasteiger partial charge in [-0.3, -0.25) is 4.79 Å². The molecule has 34 heavy (non-hydrogen) atoms. The normalized spacial score (nSPS) is 10.9. The van der Waals surface area contributed by atoms with Crippen LogP contribution in [-0.2, 0) is 17.9 Å². The number of aliphatic hydroxyl groups excluding tert-OH is 1. The largest absolute Gasteiger partial charge is 0.494 e. The number of anilines is 1. The van der Waals surface area contributed by atoms with Crippen molar-refractivity contribution in [2.75, 3.05) is 11.5 Å². The lowest BCUT2D eigenvalue weighted by molar-refractivity contribution is -0.116. The number of ether oxygens (including phenoxy) is 1. The van der Waals surface area contributed by atoms with Gasteiger partial charge in [0, 0.05) is 12.6 Å². The van der Waals surface area contributed by atoms with Gasteiger partial charge in [-0.25, -0.2) is 0 Å². The molecule has 0 aromatic heterocycles. The van der Waals surface area contributed by atoms with E-state index >= 15 is 0 Å². The minimum Gasteiger partial charge on any atom is -0.494 e. The zero-order chi connectivity index (χ0) is 24.4. The molecule has 4 heteroatoms. The van der Waals surface area contributed by atoms with Gasteiger partial charge in [0.25, 0.3) is 0 Å². The zero-order valence-corrected chi connectivity index (χ0v) is 21.4. The maximum Gasteiger partial charge on any atom is 0.224 e. The summed E-state index contributed by atoms with van der Waals surface area (Å²) < 4.78 is 5.91. The van der Waals surface area contributed by atoms with Gasteiger partial charge in [0.05, 0.1) is 19.8 Å². The summed E-state index contributed by atoms with van der Waals surface area (Å²) in [6.07, 6.45) is 16.1. The van der Waals surface area contributed by atoms with E-state index in [0.717, 1.165) is 35.6 Å². The quantitative estimate of drug-likeness (QED) is 0.227. The standard InChI is InChI=1S/C30H45NO3/c1-3-4-5-6-7-8-9-10-11-12-13-14-23-34-30-21-17-27(18-22-30)24-31(26(2)33)29-19-15-28(25-32)16-20-29/h15-22,32H,3-14,23-25H2,1-2H3. The summed E-state index contributed by atoms with van der Waals surface area (Å²) in [4.78, 5) is 13.9. The second kappa shape index (κ2) is 17.2. The summed E-state index contributed by atoms with van der Waals surface area (Å²) in [6.45, 7) is 5.11. The van der Waals surface area contributed by atoms with Crippen LogP contribution in [-0.4, -0.2) is 17.6 Å². The van der Waals surface area contributed by atoms with Crippen molar-refractivity contribution in [2.45, 2.75) is 104 Å². The number of aliphatic hydroxyl groups is 1. The topological polar surface area (TPSA) is 49.8 Å². The average Bonchev–Trinajstić information content (AvgIpc) is 2.86. The first-order valence-corrected chi connectivity index (χ1v) is 13.3. The van der Waals surface area contributed by atoms with E-state index in [0.29, 0.717) is 6.54 Å². The summed E-state index contributed by atoms with van der Waals surface area (Å²) >= 11 is 0. The Morgan fingerprint density at radius 3 is 1.74 bits per heavy atom. The number of unbranched alkanes of at least 4 members (excludes halogenated alkanes) is 11. The Kier molecular flexibility index (Phi) is 14.1. The van der Waals surface area contributed by atoms with Crippen molar-refractivity contribution in [3.8, 4) is 5.75 Å². The van der Waals surface area contributed by atoms with Crippen LogP contribution in [0.3, 0.4) is 0 Å². The molecule has 1 N–H and O–H groups in total. The fourth-order valence-corrected chi connectivity index (χ4v) is 4.17. The lowest BCUT2D eigenvalue weighted by Gasteiger charge is -2.21. The third-order valence-electron chi connectivity index (χ3n) is 6.34. The first kappa shape index (κ1) is 27.9. The Bertz CT molecular complexity index is 786. The highest BCUT2D eigenvalue weighted by atomic mass is 16.5. The van der Waals surface area contributed by atoms with E-state index in [9.17, 15) is 9.90 Å². The SMILES string of the molecule is CCCCCCCCCCCCCCOc1ccc(CN(C(C)=O)c2ccc(CO)cc2)cc1. The van der Waals surface area contributed by atoms with Gasteiger partial charge in [0.15, 0.2) is 0 Å². The highest BCUT2D eigenvalue weighted by Gasteiger charge is 2.12. The van der Waals surface area contributed by atoms with Crippen LogP contribution >= 0.6 is 0 Å². The van der Waals surface area contributed by atoms with Crippen LogP contribution in [0.5, 0.6) is 5.75 Å². The maximum atomic E-state index is 12.2. The number of hydrogen-bond acceptors (Lipinski definition) is 3. The molecule has 0 aliphatic heterocycles. The van der Waals surface area contributed by atoms with Gasteiger partial charge in [0.1, 0.15) is 5.75 Å². The van der Waals surface area contributed by atoms with Crippen LogP contribution in [0.4, 0.5) is 5.69 Å². The molecule has 0 atom stereocenters. The van der Waals surface area contributed by atoms with Crippen LogP contribution in [0.15, 0.2) is 48.5 Å². The van der Waals surface area contributed by atoms with Gasteiger partial charge in [-0.15, -0.1) is 0 Å². The molecule has 0 unspecified atom stereocenters. The van der Waals surface area contributed by atoms with Crippen LogP contribution in [0.1, 0.15) is 102 Å². The Balaban J connectivity index is 1.60. The van der Waals surface area contributed by atoms with Crippen molar-refractivity contribution in [3.63, 3.8) is 0 Å². The number of amides is 1. The Morgan fingerprint density at radius 1 is 0.735 bits per heavy atom. The summed E-state index contributed by atoms with van der Waals surface area (Å²) in [5, 5.41) is 9.22. The van der Waals surface area contributed by atoms with E-state index in [2.05, 4.69) is 6.92 Å². The van der Waals surface area contributed by atoms with E-state index in [1.807, 2.05) is 48.5 Å². The first-order valence-electron chi connectivity index (χ1n) is 13.3. The third-order valence-corrected chi connectivity index (χ3v) is 6.34. The highest BCUT2D eigenvalue weighted by molar-refractivity contribution is 5.91. The highest BCUT2D eigenvalue weighted by Crippen LogP contribution is 2.21. The lowest BCUT2D eigenvalue weighted by atomic mass is 10.1. The van der Waals surface area contributed by atoms with Gasteiger partial charge >= 0.3 is 0 Å². The Labute approximate surface area is 207 Å². The second-order valence-electron chi connectivity index (χ2n) is 9.31. The van der Waals surface area contributed by atoms with E-state index < -0.39 is 0 Å². The first-order chi connectivity index (χ1) is 16.6. The van der Waals surface area contributed by atoms with Crippen LogP contribution < -0.4 is 9.64 Å². The number of carbonyl (C=O) groups is 1. The fourth-order valence-electron chi connectivity index (χ4n) is 4.17. The monoisotopic (exact) mass is 467 g/mol. The van der Waals surface area contributed by atoms with Gasteiger partial charge in [-0.2, -0.15) is 0 Å².